The van der Waals surface area contributed by atoms with Crippen molar-refractivity contribution in [1.82, 2.24) is 19.5 Å². The van der Waals surface area contributed by atoms with Crippen LogP contribution in [-0.2, 0) is 5.41 Å². The van der Waals surface area contributed by atoms with Crippen LogP contribution < -0.4 is 0 Å². The zero-order valence-corrected chi connectivity index (χ0v) is 27.4. The summed E-state index contributed by atoms with van der Waals surface area (Å²) in [5.41, 5.74) is -3.61. The number of hydrogen-bond donors (Lipinski definition) is 0. The van der Waals surface area contributed by atoms with Crippen molar-refractivity contribution < 1.29 is 26.3 Å². The van der Waals surface area contributed by atoms with Crippen LogP contribution in [0.5, 0.6) is 0 Å². The Labute approximate surface area is 328 Å². The highest BCUT2D eigenvalue weighted by Gasteiger charge is 2.38. The van der Waals surface area contributed by atoms with E-state index in [1.165, 1.54) is 0 Å². The monoisotopic (exact) mass is 696 g/mol. The second kappa shape index (κ2) is 11.1. The summed E-state index contributed by atoms with van der Waals surface area (Å²) in [5.74, 6) is -0.428. The van der Waals surface area contributed by atoms with Crippen molar-refractivity contribution >= 4 is 43.7 Å². The fourth-order valence-electron chi connectivity index (χ4n) is 7.38. The first-order chi connectivity index (χ1) is 32.7. The highest BCUT2D eigenvalue weighted by atomic mass is 16.3. The Hall–Kier alpha value is -6.85. The second-order valence-electron chi connectivity index (χ2n) is 12.8. The van der Waals surface area contributed by atoms with Crippen LogP contribution in [0, 0.1) is 0 Å². The highest BCUT2D eigenvalue weighted by molar-refractivity contribution is 6.13. The first-order valence-corrected chi connectivity index (χ1v) is 16.7. The van der Waals surface area contributed by atoms with Crippen LogP contribution in [0.2, 0.25) is 0 Å². The molecule has 1 aliphatic rings. The molecule has 0 saturated carbocycles. The number of fused-ring (bicyclic) bond motifs is 10. The Morgan fingerprint density at radius 2 is 1.30 bits per heavy atom. The molecule has 0 spiro atoms. The molecule has 0 radical (unpaired) electrons. The summed E-state index contributed by atoms with van der Waals surface area (Å²) in [7, 11) is 0. The molecule has 7 aromatic carbocycles. The van der Waals surface area contributed by atoms with Crippen molar-refractivity contribution in [2.24, 2.45) is 0 Å². The molecule has 0 fully saturated rings. The van der Waals surface area contributed by atoms with Crippen LogP contribution in [0.1, 0.15) is 46.8 Å². The van der Waals surface area contributed by atoms with Gasteiger partial charge < -0.3 is 4.42 Å². The molecule has 0 amide bonds. The number of benzene rings is 7. The third-order valence-corrected chi connectivity index (χ3v) is 9.78. The maximum atomic E-state index is 9.60. The lowest BCUT2D eigenvalue weighted by molar-refractivity contribution is 0.663. The molecule has 3 aromatic heterocycles. The summed E-state index contributed by atoms with van der Waals surface area (Å²) in [4.78, 5) is 14.8. The van der Waals surface area contributed by atoms with Gasteiger partial charge in [0.05, 0.1) is 24.7 Å². The number of furan rings is 1. The van der Waals surface area contributed by atoms with Gasteiger partial charge in [-0.1, -0.05) is 141 Å². The number of nitrogens with zero attached hydrogens (tertiary/aromatic N) is 4. The van der Waals surface area contributed by atoms with Crippen molar-refractivity contribution in [3.63, 3.8) is 0 Å². The second-order valence-corrected chi connectivity index (χ2v) is 12.8. The van der Waals surface area contributed by atoms with E-state index in [-0.39, 0.29) is 11.6 Å². The number of hydrogen-bond acceptors (Lipinski definition) is 4. The van der Waals surface area contributed by atoms with Gasteiger partial charge >= 0.3 is 0 Å². The van der Waals surface area contributed by atoms with Crippen molar-refractivity contribution in [3.8, 4) is 51.0 Å². The largest absolute Gasteiger partial charge is 0.456 e. The maximum absolute atomic E-state index is 9.60. The fraction of sp³-hybridized carbons (Fsp3) is 0.0625. The molecule has 1 aliphatic carbocycles. The van der Waals surface area contributed by atoms with Crippen LogP contribution in [-0.4, -0.2) is 19.5 Å². The van der Waals surface area contributed by atoms with E-state index in [2.05, 4.69) is 0 Å². The van der Waals surface area contributed by atoms with Gasteiger partial charge in [-0.3, -0.25) is 4.57 Å². The molecule has 250 valence electrons. The van der Waals surface area contributed by atoms with E-state index in [4.69, 9.17) is 35.8 Å². The molecular formula is C48H32N4O. The Morgan fingerprint density at radius 1 is 0.566 bits per heavy atom. The standard InChI is InChI=1S/C48H32N4O/c1-48(2)39-20-9-6-17-33(39)37-25-26-38-34-18-7-10-21-40(34)52(44(38)43(37)48)47-50-45(31-16-12-15-30(27-31)29-13-4-3-5-14-29)49-46(51-47)32-23-24-36-35-19-8-11-22-41(35)53-42(36)28-32/h3-28H,1-2H3/i1D3,2D3,6D,7D,9D,10D,17D,18D,20D,21D,25D,26D. The van der Waals surface area contributed by atoms with E-state index < -0.39 is 130 Å². The predicted molar refractivity (Wildman–Crippen MR) is 215 cm³/mol. The maximum Gasteiger partial charge on any atom is 0.238 e. The van der Waals surface area contributed by atoms with Gasteiger partial charge in [0.25, 0.3) is 0 Å². The van der Waals surface area contributed by atoms with Crippen LogP contribution in [0.3, 0.4) is 0 Å². The lowest BCUT2D eigenvalue weighted by Gasteiger charge is -2.23. The molecule has 5 nitrogen and oxygen atoms in total. The molecule has 11 rings (SSSR count). The van der Waals surface area contributed by atoms with E-state index in [1.807, 2.05) is 72.8 Å². The SMILES string of the molecule is [2H]c1c([2H])c([2H])c2c(c1[2H])-c1c([2H])c([2H])c3c4c([2H])c([2H])c([2H])c([2H])c4n(-c4nc(-c5cccc(-c6ccccc6)c5)nc(-c5ccc6c(c5)oc5ccccc56)n4)c3c1C2(C([2H])([2H])[2H])C([2H])([2H])[2H]. The zero-order chi connectivity index (χ0) is 49.0. The summed E-state index contributed by atoms with van der Waals surface area (Å²) < 4.78 is 153. The van der Waals surface area contributed by atoms with Crippen LogP contribution in [0.15, 0.2) is 162 Å². The van der Waals surface area contributed by atoms with Gasteiger partial charge in [-0.05, 0) is 63.7 Å². The normalized spacial score (nSPS) is 18.0. The molecule has 3 heterocycles. The molecule has 53 heavy (non-hydrogen) atoms. The van der Waals surface area contributed by atoms with Gasteiger partial charge in [0.15, 0.2) is 11.6 Å². The van der Waals surface area contributed by atoms with Crippen LogP contribution >= 0.6 is 0 Å². The Kier molecular flexibility index (Phi) is 3.78. The van der Waals surface area contributed by atoms with Crippen LogP contribution in [0.4, 0.5) is 0 Å². The van der Waals surface area contributed by atoms with E-state index in [9.17, 15) is 5.48 Å². The molecule has 5 heteroatoms. The Morgan fingerprint density at radius 3 is 2.19 bits per heavy atom. The van der Waals surface area contributed by atoms with Crippen molar-refractivity contribution in [3.05, 3.63) is 169 Å². The number of para-hydroxylation sites is 2. The molecule has 0 N–H and O–H groups in total. The Balaban J connectivity index is 1.36. The van der Waals surface area contributed by atoms with Crippen molar-refractivity contribution in [2.45, 2.75) is 19.1 Å². The average molecular weight is 697 g/mol. The molecule has 0 bridgehead atoms. The summed E-state index contributed by atoms with van der Waals surface area (Å²) in [6.07, 6.45) is 0. The lowest BCUT2D eigenvalue weighted by atomic mass is 9.81. The average Bonchev–Trinajstić information content (AvgIpc) is 4.00. The summed E-state index contributed by atoms with van der Waals surface area (Å²) in [6.45, 7) is -7.41. The van der Waals surface area contributed by atoms with Gasteiger partial charge in [0.2, 0.25) is 5.95 Å². The minimum atomic E-state index is -3.70. The fourth-order valence-corrected chi connectivity index (χ4v) is 7.38. The molecule has 0 unspecified atom stereocenters. The van der Waals surface area contributed by atoms with Gasteiger partial charge in [-0.2, -0.15) is 9.97 Å². The first-order valence-electron chi connectivity index (χ1n) is 24.7. The quantitative estimate of drug-likeness (QED) is 0.184. The van der Waals surface area contributed by atoms with E-state index >= 15 is 0 Å². The summed E-state index contributed by atoms with van der Waals surface area (Å²) >= 11 is 0. The minimum Gasteiger partial charge on any atom is -0.456 e. The molecule has 10 aromatic rings. The summed E-state index contributed by atoms with van der Waals surface area (Å²) in [5, 5.41) is 0.773. The third-order valence-electron chi connectivity index (χ3n) is 9.78. The van der Waals surface area contributed by atoms with Gasteiger partial charge in [-0.25, -0.2) is 4.98 Å². The third kappa shape index (κ3) is 4.40. The zero-order valence-electron chi connectivity index (χ0n) is 43.4. The lowest BCUT2D eigenvalue weighted by Crippen LogP contribution is -2.17. The van der Waals surface area contributed by atoms with Crippen molar-refractivity contribution in [1.29, 1.82) is 0 Å². The van der Waals surface area contributed by atoms with Crippen molar-refractivity contribution in [2.75, 3.05) is 0 Å². The topological polar surface area (TPSA) is 56.7 Å². The summed E-state index contributed by atoms with van der Waals surface area (Å²) in [6, 6.07) is 21.2. The predicted octanol–water partition coefficient (Wildman–Crippen LogP) is 12.2. The molecule has 0 saturated heterocycles. The first kappa shape index (κ1) is 18.1. The van der Waals surface area contributed by atoms with Gasteiger partial charge in [0.1, 0.15) is 11.2 Å². The van der Waals surface area contributed by atoms with Crippen LogP contribution in [0.25, 0.3) is 94.7 Å². The minimum absolute atomic E-state index is 0.00829. The smallest absolute Gasteiger partial charge is 0.238 e. The van der Waals surface area contributed by atoms with Gasteiger partial charge in [0, 0.05) is 46.3 Å². The molecule has 0 atom stereocenters. The Bertz CT molecular complexity index is 3880. The van der Waals surface area contributed by atoms with E-state index in [0.717, 1.165) is 26.5 Å². The molecule has 0 aliphatic heterocycles. The van der Waals surface area contributed by atoms with E-state index in [1.54, 1.807) is 24.3 Å². The molecular weight excluding hydrogens is 649 g/mol. The number of aromatic nitrogens is 4. The highest BCUT2D eigenvalue weighted by Crippen LogP contribution is 2.52. The van der Waals surface area contributed by atoms with E-state index in [0.29, 0.717) is 22.3 Å². The number of rotatable bonds is 4. The van der Waals surface area contributed by atoms with Gasteiger partial charge in [-0.15, -0.1) is 0 Å².